The Morgan fingerprint density at radius 1 is 0.917 bits per heavy atom. The SMILES string of the molecule is CN(Cc1cc(-c2ccccc2F)n(S(=O)(=O)c2cccc(OCC3CN(C(=O)OC(C)(C)C)C3C(C)(C)C)c2)c1)C(=O)OC(C)(C)C. The molecule has 0 spiro atoms. The van der Waals surface area contributed by atoms with Crippen LogP contribution in [0.1, 0.15) is 67.9 Å². The number of hydrogen-bond donors (Lipinski definition) is 0. The van der Waals surface area contributed by atoms with Crippen molar-refractivity contribution >= 4 is 22.2 Å². The zero-order chi connectivity index (χ0) is 35.8. The largest absolute Gasteiger partial charge is 0.493 e. The molecule has 2 aromatic carbocycles. The van der Waals surface area contributed by atoms with Crippen LogP contribution in [0, 0.1) is 17.2 Å². The van der Waals surface area contributed by atoms with E-state index in [0.29, 0.717) is 17.9 Å². The van der Waals surface area contributed by atoms with Crippen molar-refractivity contribution < 1.29 is 36.6 Å². The molecular weight excluding hydrogens is 637 g/mol. The first kappa shape index (κ1) is 36.8. The average Bonchev–Trinajstić information content (AvgIpc) is 3.34. The molecule has 1 saturated heterocycles. The minimum atomic E-state index is -4.26. The molecule has 1 aromatic heterocycles. The summed E-state index contributed by atoms with van der Waals surface area (Å²) in [7, 11) is -2.71. The van der Waals surface area contributed by atoms with Gasteiger partial charge in [0, 0.05) is 43.4 Å². The number of likely N-dealkylation sites (tertiary alicyclic amines) is 1. The second-order valence-electron chi connectivity index (χ2n) is 15.3. The van der Waals surface area contributed by atoms with Crippen LogP contribution in [0.5, 0.6) is 5.75 Å². The molecular formula is C36H48FN3O7S. The maximum atomic E-state index is 15.0. The first-order valence-electron chi connectivity index (χ1n) is 16.0. The molecule has 0 saturated carbocycles. The zero-order valence-electron chi connectivity index (χ0n) is 29.5. The van der Waals surface area contributed by atoms with Gasteiger partial charge < -0.3 is 24.0 Å². The lowest BCUT2D eigenvalue weighted by Gasteiger charge is -2.53. The van der Waals surface area contributed by atoms with E-state index in [4.69, 9.17) is 14.2 Å². The molecule has 2 amide bonds. The van der Waals surface area contributed by atoms with Crippen molar-refractivity contribution in [1.29, 1.82) is 0 Å². The van der Waals surface area contributed by atoms with E-state index < -0.39 is 33.1 Å². The Labute approximate surface area is 283 Å². The number of benzene rings is 2. The summed E-state index contributed by atoms with van der Waals surface area (Å²) in [5.41, 5.74) is -0.917. The molecule has 4 rings (SSSR count). The third-order valence-corrected chi connectivity index (χ3v) is 9.34. The molecule has 1 aliphatic rings. The lowest BCUT2D eigenvalue weighted by molar-refractivity contribution is -0.0758. The van der Waals surface area contributed by atoms with Gasteiger partial charge in [-0.25, -0.2) is 26.4 Å². The monoisotopic (exact) mass is 685 g/mol. The smallest absolute Gasteiger partial charge is 0.410 e. The van der Waals surface area contributed by atoms with E-state index in [0.717, 1.165) is 3.97 Å². The van der Waals surface area contributed by atoms with Crippen LogP contribution in [0.4, 0.5) is 14.0 Å². The minimum absolute atomic E-state index is 0.000546. The molecule has 262 valence electrons. The van der Waals surface area contributed by atoms with Crippen LogP contribution in [-0.4, -0.2) is 71.8 Å². The number of aromatic nitrogens is 1. The molecule has 2 heterocycles. The molecule has 2 atom stereocenters. The standard InChI is InChI=1S/C36H48FN3O7S/c1-34(2,3)31-25(22-39(31)33(42)47-36(7,8)9)23-45-26-14-13-15-27(19-26)48(43,44)40-21-24(20-38(10)32(41)46-35(4,5)6)18-30(40)28-16-11-12-17-29(28)37/h11-19,21,25,31H,20,22-23H2,1-10H3. The summed E-state index contributed by atoms with van der Waals surface area (Å²) in [5.74, 6) is -0.256. The van der Waals surface area contributed by atoms with E-state index in [9.17, 15) is 18.0 Å². The van der Waals surface area contributed by atoms with Crippen molar-refractivity contribution in [3.8, 4) is 17.0 Å². The van der Waals surface area contributed by atoms with E-state index in [1.54, 1.807) is 57.0 Å². The fourth-order valence-electron chi connectivity index (χ4n) is 5.78. The topological polar surface area (TPSA) is 107 Å². The minimum Gasteiger partial charge on any atom is -0.493 e. The molecule has 2 unspecified atom stereocenters. The Morgan fingerprint density at radius 2 is 1.56 bits per heavy atom. The van der Waals surface area contributed by atoms with Gasteiger partial charge in [-0.05, 0) is 82.9 Å². The number of rotatable bonds is 8. The highest BCUT2D eigenvalue weighted by Crippen LogP contribution is 2.40. The lowest BCUT2D eigenvalue weighted by Crippen LogP contribution is -2.65. The third kappa shape index (κ3) is 8.69. The first-order valence-corrected chi connectivity index (χ1v) is 17.4. The Bertz CT molecular complexity index is 1750. The van der Waals surface area contributed by atoms with Crippen LogP contribution in [0.3, 0.4) is 0 Å². The fraction of sp³-hybridized carbons (Fsp3) is 0.500. The number of amides is 2. The zero-order valence-corrected chi connectivity index (χ0v) is 30.4. The fourth-order valence-corrected chi connectivity index (χ4v) is 7.20. The van der Waals surface area contributed by atoms with Crippen LogP contribution in [0.15, 0.2) is 65.7 Å². The molecule has 12 heteroatoms. The quantitative estimate of drug-likeness (QED) is 0.241. The highest BCUT2D eigenvalue weighted by molar-refractivity contribution is 7.90. The highest BCUT2D eigenvalue weighted by atomic mass is 32.2. The third-order valence-electron chi connectivity index (χ3n) is 7.67. The van der Waals surface area contributed by atoms with E-state index in [2.05, 4.69) is 20.8 Å². The van der Waals surface area contributed by atoms with Gasteiger partial charge in [0.15, 0.2) is 0 Å². The van der Waals surface area contributed by atoms with Gasteiger partial charge in [0.05, 0.1) is 23.7 Å². The summed E-state index contributed by atoms with van der Waals surface area (Å²) in [6.07, 6.45) is 0.435. The second-order valence-corrected chi connectivity index (χ2v) is 17.2. The lowest BCUT2D eigenvalue weighted by atomic mass is 9.72. The number of ether oxygens (including phenoxy) is 3. The molecule has 1 fully saturated rings. The Kier molecular flexibility index (Phi) is 10.3. The number of hydrogen-bond acceptors (Lipinski definition) is 7. The van der Waals surface area contributed by atoms with E-state index >= 15 is 4.39 Å². The van der Waals surface area contributed by atoms with Gasteiger partial charge in [-0.1, -0.05) is 39.0 Å². The van der Waals surface area contributed by atoms with Crippen molar-refractivity contribution in [3.05, 3.63) is 72.2 Å². The van der Waals surface area contributed by atoms with E-state index in [-0.39, 0.29) is 52.8 Å². The Balaban J connectivity index is 1.59. The molecule has 0 aliphatic carbocycles. The number of nitrogens with zero attached hydrogens (tertiary/aromatic N) is 3. The second kappa shape index (κ2) is 13.4. The van der Waals surface area contributed by atoms with E-state index in [1.165, 1.54) is 41.4 Å². The summed E-state index contributed by atoms with van der Waals surface area (Å²) < 4.78 is 61.5. The number of halogens is 1. The maximum absolute atomic E-state index is 15.0. The van der Waals surface area contributed by atoms with Gasteiger partial charge in [-0.15, -0.1) is 0 Å². The van der Waals surface area contributed by atoms with Crippen LogP contribution in [-0.2, 0) is 26.0 Å². The summed E-state index contributed by atoms with van der Waals surface area (Å²) in [6, 6.07) is 13.5. The van der Waals surface area contributed by atoms with Crippen molar-refractivity contribution in [2.45, 2.75) is 91.0 Å². The van der Waals surface area contributed by atoms with Gasteiger partial charge in [0.25, 0.3) is 10.0 Å². The Hall–Kier alpha value is -4.06. The summed E-state index contributed by atoms with van der Waals surface area (Å²) >= 11 is 0. The van der Waals surface area contributed by atoms with Crippen molar-refractivity contribution in [2.24, 2.45) is 11.3 Å². The molecule has 0 bridgehead atoms. The maximum Gasteiger partial charge on any atom is 0.410 e. The molecule has 0 N–H and O–H groups in total. The van der Waals surface area contributed by atoms with Gasteiger partial charge >= 0.3 is 12.2 Å². The Morgan fingerprint density at radius 3 is 2.17 bits per heavy atom. The predicted octanol–water partition coefficient (Wildman–Crippen LogP) is 7.56. The van der Waals surface area contributed by atoms with Crippen molar-refractivity contribution in [2.75, 3.05) is 20.2 Å². The van der Waals surface area contributed by atoms with Crippen LogP contribution in [0.25, 0.3) is 11.3 Å². The van der Waals surface area contributed by atoms with Crippen LogP contribution in [0.2, 0.25) is 0 Å². The molecule has 1 aliphatic heterocycles. The van der Waals surface area contributed by atoms with Gasteiger partial charge in [-0.2, -0.15) is 0 Å². The van der Waals surface area contributed by atoms with Gasteiger partial charge in [0.1, 0.15) is 22.8 Å². The molecule has 48 heavy (non-hydrogen) atoms. The normalized spacial score (nSPS) is 17.0. The molecule has 0 radical (unpaired) electrons. The molecule has 3 aromatic rings. The van der Waals surface area contributed by atoms with Gasteiger partial charge in [-0.3, -0.25) is 0 Å². The van der Waals surface area contributed by atoms with E-state index in [1.807, 2.05) is 20.8 Å². The van der Waals surface area contributed by atoms with Crippen LogP contribution < -0.4 is 4.74 Å². The number of carbonyl (C=O) groups is 2. The van der Waals surface area contributed by atoms with Crippen molar-refractivity contribution in [3.63, 3.8) is 0 Å². The summed E-state index contributed by atoms with van der Waals surface area (Å²) in [4.78, 5) is 28.5. The predicted molar refractivity (Wildman–Crippen MR) is 182 cm³/mol. The van der Waals surface area contributed by atoms with Crippen molar-refractivity contribution in [1.82, 2.24) is 13.8 Å². The van der Waals surface area contributed by atoms with Gasteiger partial charge in [0.2, 0.25) is 0 Å². The molecule has 10 nitrogen and oxygen atoms in total. The summed E-state index contributed by atoms with van der Waals surface area (Å²) in [5, 5.41) is 0. The number of carbonyl (C=O) groups excluding carboxylic acids is 2. The average molecular weight is 686 g/mol. The highest BCUT2D eigenvalue weighted by Gasteiger charge is 2.49. The summed E-state index contributed by atoms with van der Waals surface area (Å²) in [6.45, 7) is 17.6. The first-order chi connectivity index (χ1) is 22.1. The van der Waals surface area contributed by atoms with Crippen LogP contribution >= 0.6 is 0 Å².